The van der Waals surface area contributed by atoms with Crippen LogP contribution in [0.15, 0.2) is 41.0 Å². The number of benzene rings is 1. The highest BCUT2D eigenvalue weighted by Crippen LogP contribution is 2.25. The molecule has 0 aliphatic carbocycles. The standard InChI is InChI=1S/C14H13ClO3/c1-2-8-17-12-6-4-3-5-10(12)13(16)11-7-9-18-14(11)15/h3-7,9H,2,8H2,1H3. The van der Waals surface area contributed by atoms with Crippen LogP contribution in [0.3, 0.4) is 0 Å². The molecule has 0 fully saturated rings. The third-order valence-corrected chi connectivity index (χ3v) is 2.75. The zero-order valence-electron chi connectivity index (χ0n) is 9.98. The second-order valence-corrected chi connectivity index (χ2v) is 4.13. The number of ketones is 1. The largest absolute Gasteiger partial charge is 0.493 e. The number of para-hydroxylation sites is 1. The van der Waals surface area contributed by atoms with Gasteiger partial charge in [-0.05, 0) is 36.2 Å². The molecule has 0 atom stereocenters. The van der Waals surface area contributed by atoms with Crippen LogP contribution in [-0.4, -0.2) is 12.4 Å². The maximum atomic E-state index is 12.3. The summed E-state index contributed by atoms with van der Waals surface area (Å²) in [7, 11) is 0. The zero-order chi connectivity index (χ0) is 13.0. The predicted octanol–water partition coefficient (Wildman–Crippen LogP) is 3.95. The van der Waals surface area contributed by atoms with Crippen LogP contribution >= 0.6 is 11.6 Å². The summed E-state index contributed by atoms with van der Waals surface area (Å²) in [5, 5.41) is 0.102. The lowest BCUT2D eigenvalue weighted by Gasteiger charge is -2.09. The van der Waals surface area contributed by atoms with E-state index < -0.39 is 0 Å². The Balaban J connectivity index is 2.33. The van der Waals surface area contributed by atoms with Gasteiger partial charge in [-0.1, -0.05) is 19.1 Å². The smallest absolute Gasteiger partial charge is 0.204 e. The monoisotopic (exact) mass is 264 g/mol. The lowest BCUT2D eigenvalue weighted by Crippen LogP contribution is -2.05. The van der Waals surface area contributed by atoms with Crippen molar-refractivity contribution in [1.82, 2.24) is 0 Å². The normalized spacial score (nSPS) is 10.3. The molecule has 0 unspecified atom stereocenters. The van der Waals surface area contributed by atoms with Crippen molar-refractivity contribution in [3.63, 3.8) is 0 Å². The average Bonchev–Trinajstić information content (AvgIpc) is 2.82. The number of carbonyl (C=O) groups excluding carboxylic acids is 1. The molecule has 0 saturated heterocycles. The molecule has 0 amide bonds. The minimum absolute atomic E-state index is 0.102. The first-order chi connectivity index (χ1) is 8.74. The summed E-state index contributed by atoms with van der Waals surface area (Å²) < 4.78 is 10.5. The maximum Gasteiger partial charge on any atom is 0.204 e. The molecule has 0 aliphatic rings. The molecule has 0 aliphatic heterocycles. The van der Waals surface area contributed by atoms with E-state index in [0.717, 1.165) is 6.42 Å². The molecule has 2 aromatic rings. The minimum atomic E-state index is -0.194. The van der Waals surface area contributed by atoms with E-state index in [0.29, 0.717) is 23.5 Å². The lowest BCUT2D eigenvalue weighted by atomic mass is 10.1. The van der Waals surface area contributed by atoms with Gasteiger partial charge in [-0.2, -0.15) is 0 Å². The number of hydrogen-bond donors (Lipinski definition) is 0. The average molecular weight is 265 g/mol. The van der Waals surface area contributed by atoms with Gasteiger partial charge in [0.25, 0.3) is 0 Å². The Morgan fingerprint density at radius 1 is 1.28 bits per heavy atom. The van der Waals surface area contributed by atoms with Gasteiger partial charge in [0.05, 0.1) is 24.0 Å². The third-order valence-electron chi connectivity index (χ3n) is 2.46. The Morgan fingerprint density at radius 2 is 2.06 bits per heavy atom. The van der Waals surface area contributed by atoms with Crippen molar-refractivity contribution in [3.05, 3.63) is 52.9 Å². The summed E-state index contributed by atoms with van der Waals surface area (Å²) in [6.07, 6.45) is 2.28. The van der Waals surface area contributed by atoms with Gasteiger partial charge >= 0.3 is 0 Å². The number of hydrogen-bond acceptors (Lipinski definition) is 3. The minimum Gasteiger partial charge on any atom is -0.493 e. The van der Waals surface area contributed by atoms with Crippen LogP contribution in [0.5, 0.6) is 5.75 Å². The molecule has 1 aromatic carbocycles. The van der Waals surface area contributed by atoms with Crippen molar-refractivity contribution < 1.29 is 13.9 Å². The molecule has 94 valence electrons. The molecule has 0 saturated carbocycles. The van der Waals surface area contributed by atoms with Gasteiger partial charge in [0.2, 0.25) is 11.0 Å². The Bertz CT molecular complexity index is 545. The summed E-state index contributed by atoms with van der Waals surface area (Å²) >= 11 is 5.81. The van der Waals surface area contributed by atoms with E-state index >= 15 is 0 Å². The van der Waals surface area contributed by atoms with Crippen LogP contribution in [-0.2, 0) is 0 Å². The molecule has 0 N–H and O–H groups in total. The molecule has 1 aromatic heterocycles. The Labute approximate surface area is 110 Å². The van der Waals surface area contributed by atoms with Crippen LogP contribution in [0.25, 0.3) is 0 Å². The lowest BCUT2D eigenvalue weighted by molar-refractivity contribution is 0.103. The van der Waals surface area contributed by atoms with Crippen LogP contribution in [0.2, 0.25) is 5.22 Å². The summed E-state index contributed by atoms with van der Waals surface area (Å²) in [6.45, 7) is 2.58. The quantitative estimate of drug-likeness (QED) is 0.768. The molecule has 0 spiro atoms. The molecule has 4 heteroatoms. The Hall–Kier alpha value is -1.74. The zero-order valence-corrected chi connectivity index (χ0v) is 10.7. The molecule has 3 nitrogen and oxygen atoms in total. The highest BCUT2D eigenvalue weighted by Gasteiger charge is 2.18. The van der Waals surface area contributed by atoms with E-state index in [4.69, 9.17) is 20.8 Å². The molecular weight excluding hydrogens is 252 g/mol. The topological polar surface area (TPSA) is 39.4 Å². The molecular formula is C14H13ClO3. The Morgan fingerprint density at radius 3 is 2.72 bits per heavy atom. The van der Waals surface area contributed by atoms with Crippen molar-refractivity contribution in [2.24, 2.45) is 0 Å². The van der Waals surface area contributed by atoms with Crippen molar-refractivity contribution in [1.29, 1.82) is 0 Å². The van der Waals surface area contributed by atoms with Gasteiger partial charge in [-0.25, -0.2) is 0 Å². The fourth-order valence-electron chi connectivity index (χ4n) is 1.59. The molecule has 1 heterocycles. The van der Waals surface area contributed by atoms with E-state index in [1.54, 1.807) is 24.3 Å². The molecule has 0 radical (unpaired) electrons. The first-order valence-corrected chi connectivity index (χ1v) is 6.11. The van der Waals surface area contributed by atoms with Gasteiger partial charge in [0, 0.05) is 0 Å². The second kappa shape index (κ2) is 5.74. The first kappa shape index (κ1) is 12.7. The van der Waals surface area contributed by atoms with Gasteiger partial charge < -0.3 is 9.15 Å². The molecule has 2 rings (SSSR count). The first-order valence-electron chi connectivity index (χ1n) is 5.73. The fraction of sp³-hybridized carbons (Fsp3) is 0.214. The highest BCUT2D eigenvalue weighted by atomic mass is 35.5. The second-order valence-electron chi connectivity index (χ2n) is 3.78. The van der Waals surface area contributed by atoms with E-state index in [1.807, 2.05) is 13.0 Å². The van der Waals surface area contributed by atoms with Crippen LogP contribution in [0, 0.1) is 0 Å². The number of ether oxygens (including phenoxy) is 1. The van der Waals surface area contributed by atoms with E-state index in [9.17, 15) is 4.79 Å². The number of halogens is 1. The predicted molar refractivity (Wildman–Crippen MR) is 69.4 cm³/mol. The van der Waals surface area contributed by atoms with Crippen LogP contribution in [0.4, 0.5) is 0 Å². The van der Waals surface area contributed by atoms with Gasteiger partial charge in [-0.3, -0.25) is 4.79 Å². The van der Waals surface area contributed by atoms with Crippen molar-refractivity contribution >= 4 is 17.4 Å². The molecule has 0 bridgehead atoms. The Kier molecular flexibility index (Phi) is 4.05. The SMILES string of the molecule is CCCOc1ccccc1C(=O)c1ccoc1Cl. The van der Waals surface area contributed by atoms with E-state index in [-0.39, 0.29) is 11.0 Å². The van der Waals surface area contributed by atoms with Crippen molar-refractivity contribution in [3.8, 4) is 5.75 Å². The number of carbonyl (C=O) groups is 1. The fourth-order valence-corrected chi connectivity index (χ4v) is 1.79. The summed E-state index contributed by atoms with van der Waals surface area (Å²) in [4.78, 5) is 12.3. The van der Waals surface area contributed by atoms with Crippen LogP contribution in [0.1, 0.15) is 29.3 Å². The molecule has 18 heavy (non-hydrogen) atoms. The maximum absolute atomic E-state index is 12.3. The van der Waals surface area contributed by atoms with E-state index in [1.165, 1.54) is 6.26 Å². The third kappa shape index (κ3) is 2.57. The summed E-state index contributed by atoms with van der Waals surface area (Å²) in [5.41, 5.74) is 0.846. The van der Waals surface area contributed by atoms with Crippen molar-refractivity contribution in [2.75, 3.05) is 6.61 Å². The summed E-state index contributed by atoms with van der Waals surface area (Å²) in [6, 6.07) is 8.67. The number of rotatable bonds is 5. The van der Waals surface area contributed by atoms with Crippen LogP contribution < -0.4 is 4.74 Å². The van der Waals surface area contributed by atoms with E-state index in [2.05, 4.69) is 0 Å². The van der Waals surface area contributed by atoms with Gasteiger partial charge in [-0.15, -0.1) is 0 Å². The van der Waals surface area contributed by atoms with Gasteiger partial charge in [0.15, 0.2) is 0 Å². The van der Waals surface area contributed by atoms with Gasteiger partial charge in [0.1, 0.15) is 5.75 Å². The summed E-state index contributed by atoms with van der Waals surface area (Å²) in [5.74, 6) is 0.377. The highest BCUT2D eigenvalue weighted by molar-refractivity contribution is 6.33. The van der Waals surface area contributed by atoms with Crippen molar-refractivity contribution in [2.45, 2.75) is 13.3 Å². The number of furan rings is 1.